The minimum absolute atomic E-state index is 0.108. The Morgan fingerprint density at radius 1 is 1.32 bits per heavy atom. The van der Waals surface area contributed by atoms with Gasteiger partial charge in [-0.25, -0.2) is 4.98 Å². The third kappa shape index (κ3) is 3.47. The number of anilines is 1. The van der Waals surface area contributed by atoms with Crippen LogP contribution in [0.25, 0.3) is 0 Å². The van der Waals surface area contributed by atoms with E-state index in [1.165, 1.54) is 25.7 Å². The Labute approximate surface area is 116 Å². The van der Waals surface area contributed by atoms with E-state index < -0.39 is 0 Å². The zero-order valence-corrected chi connectivity index (χ0v) is 12.2. The molecule has 19 heavy (non-hydrogen) atoms. The first kappa shape index (κ1) is 14.3. The summed E-state index contributed by atoms with van der Waals surface area (Å²) in [5.74, 6) is 1.07. The fourth-order valence-electron chi connectivity index (χ4n) is 2.98. The average molecular weight is 262 g/mol. The van der Waals surface area contributed by atoms with Crippen molar-refractivity contribution >= 4 is 5.82 Å². The lowest BCUT2D eigenvalue weighted by molar-refractivity contribution is 0.281. The minimum atomic E-state index is 0.108. The summed E-state index contributed by atoms with van der Waals surface area (Å²) in [5.41, 5.74) is 2.11. The smallest absolute Gasteiger partial charge is 0.129 e. The van der Waals surface area contributed by atoms with E-state index in [1.807, 2.05) is 6.07 Å². The first-order valence-corrected chi connectivity index (χ1v) is 7.65. The number of hydrogen-bond acceptors (Lipinski definition) is 3. The Bertz CT molecular complexity index is 406. The molecule has 2 rings (SSSR count). The number of hydrogen-bond donors (Lipinski definition) is 1. The molecule has 1 aromatic rings. The number of piperidine rings is 1. The molecule has 106 valence electrons. The number of aliphatic hydroxyl groups is 1. The van der Waals surface area contributed by atoms with Gasteiger partial charge in [-0.15, -0.1) is 0 Å². The van der Waals surface area contributed by atoms with Gasteiger partial charge in [-0.1, -0.05) is 20.3 Å². The lowest BCUT2D eigenvalue weighted by atomic mass is 10.00. The molecule has 1 N–H and O–H groups in total. The van der Waals surface area contributed by atoms with Crippen molar-refractivity contribution in [2.45, 2.75) is 65.0 Å². The van der Waals surface area contributed by atoms with Crippen molar-refractivity contribution in [3.63, 3.8) is 0 Å². The van der Waals surface area contributed by atoms with Crippen molar-refractivity contribution in [2.75, 3.05) is 11.4 Å². The number of aromatic nitrogens is 1. The van der Waals surface area contributed by atoms with Gasteiger partial charge in [0.2, 0.25) is 0 Å². The van der Waals surface area contributed by atoms with Gasteiger partial charge < -0.3 is 10.0 Å². The fraction of sp³-hybridized carbons (Fsp3) is 0.688. The molecule has 1 fully saturated rings. The Hall–Kier alpha value is -1.09. The van der Waals surface area contributed by atoms with Gasteiger partial charge in [-0.3, -0.25) is 0 Å². The van der Waals surface area contributed by atoms with Crippen LogP contribution in [0, 0.1) is 0 Å². The molecule has 1 saturated heterocycles. The Morgan fingerprint density at radius 2 is 2.16 bits per heavy atom. The maximum atomic E-state index is 9.43. The molecule has 1 aliphatic rings. The van der Waals surface area contributed by atoms with E-state index in [0.717, 1.165) is 36.5 Å². The van der Waals surface area contributed by atoms with Crippen molar-refractivity contribution in [3.8, 4) is 0 Å². The summed E-state index contributed by atoms with van der Waals surface area (Å²) in [7, 11) is 0. The summed E-state index contributed by atoms with van der Waals surface area (Å²) < 4.78 is 0. The van der Waals surface area contributed by atoms with E-state index in [4.69, 9.17) is 4.98 Å². The molecule has 1 aliphatic heterocycles. The topological polar surface area (TPSA) is 36.4 Å². The number of aliphatic hydroxyl groups excluding tert-OH is 1. The monoisotopic (exact) mass is 262 g/mol. The van der Waals surface area contributed by atoms with Crippen molar-refractivity contribution < 1.29 is 5.11 Å². The van der Waals surface area contributed by atoms with Gasteiger partial charge in [0, 0.05) is 18.3 Å². The van der Waals surface area contributed by atoms with Crippen molar-refractivity contribution in [1.29, 1.82) is 0 Å². The van der Waals surface area contributed by atoms with Crippen LogP contribution in [0.4, 0.5) is 5.82 Å². The number of nitrogens with zero attached hydrogens (tertiary/aromatic N) is 2. The maximum absolute atomic E-state index is 9.43. The third-order valence-corrected chi connectivity index (χ3v) is 4.01. The van der Waals surface area contributed by atoms with Crippen LogP contribution in [0.5, 0.6) is 0 Å². The first-order valence-electron chi connectivity index (χ1n) is 7.65. The zero-order chi connectivity index (χ0) is 13.7. The van der Waals surface area contributed by atoms with Crippen molar-refractivity contribution in [3.05, 3.63) is 23.4 Å². The summed E-state index contributed by atoms with van der Waals surface area (Å²) in [6, 6.07) is 4.72. The largest absolute Gasteiger partial charge is 0.392 e. The SMILES string of the molecule is CCCc1cc(CO)cc(N2CCCCC2CC)n1. The highest BCUT2D eigenvalue weighted by Gasteiger charge is 2.22. The van der Waals surface area contributed by atoms with Gasteiger partial charge in [-0.05, 0) is 49.8 Å². The molecule has 0 bridgehead atoms. The number of pyridine rings is 1. The van der Waals surface area contributed by atoms with Gasteiger partial charge in [0.15, 0.2) is 0 Å². The molecule has 2 heterocycles. The van der Waals surface area contributed by atoms with Crippen molar-refractivity contribution in [2.24, 2.45) is 0 Å². The molecule has 1 atom stereocenters. The van der Waals surface area contributed by atoms with E-state index in [2.05, 4.69) is 24.8 Å². The summed E-state index contributed by atoms with van der Waals surface area (Å²) in [6.45, 7) is 5.64. The van der Waals surface area contributed by atoms with Crippen LogP contribution in [0.2, 0.25) is 0 Å². The predicted molar refractivity (Wildman–Crippen MR) is 79.4 cm³/mol. The van der Waals surface area contributed by atoms with Gasteiger partial charge in [0.05, 0.1) is 6.61 Å². The lowest BCUT2D eigenvalue weighted by Crippen LogP contribution is -2.39. The maximum Gasteiger partial charge on any atom is 0.129 e. The van der Waals surface area contributed by atoms with Crippen LogP contribution in [-0.4, -0.2) is 22.7 Å². The number of rotatable bonds is 5. The molecular weight excluding hydrogens is 236 g/mol. The standard InChI is InChI=1S/C16H26N2O/c1-3-7-14-10-13(12-19)11-16(17-14)18-9-6-5-8-15(18)4-2/h10-11,15,19H,3-9,12H2,1-2H3. The van der Waals surface area contributed by atoms with Gasteiger partial charge in [0.1, 0.15) is 5.82 Å². The highest BCUT2D eigenvalue weighted by molar-refractivity contribution is 5.44. The van der Waals surface area contributed by atoms with Crippen LogP contribution in [-0.2, 0) is 13.0 Å². The predicted octanol–water partition coefficient (Wildman–Crippen LogP) is 3.30. The van der Waals surface area contributed by atoms with E-state index in [1.54, 1.807) is 0 Å². The van der Waals surface area contributed by atoms with Gasteiger partial charge in [-0.2, -0.15) is 0 Å². The van der Waals surface area contributed by atoms with Gasteiger partial charge in [0.25, 0.3) is 0 Å². The van der Waals surface area contributed by atoms with E-state index in [0.29, 0.717) is 6.04 Å². The highest BCUT2D eigenvalue weighted by atomic mass is 16.3. The quantitative estimate of drug-likeness (QED) is 0.884. The molecule has 1 unspecified atom stereocenters. The summed E-state index contributed by atoms with van der Waals surface area (Å²) in [5, 5.41) is 9.43. The highest BCUT2D eigenvalue weighted by Crippen LogP contribution is 2.26. The normalized spacial score (nSPS) is 19.7. The summed E-state index contributed by atoms with van der Waals surface area (Å²) in [4.78, 5) is 7.25. The molecule has 0 aliphatic carbocycles. The second-order valence-electron chi connectivity index (χ2n) is 5.48. The second-order valence-corrected chi connectivity index (χ2v) is 5.48. The summed E-state index contributed by atoms with van der Waals surface area (Å²) in [6.07, 6.45) is 7.12. The van der Waals surface area contributed by atoms with Crippen LogP contribution in [0.15, 0.2) is 12.1 Å². The third-order valence-electron chi connectivity index (χ3n) is 4.01. The molecule has 3 heteroatoms. The summed E-state index contributed by atoms with van der Waals surface area (Å²) >= 11 is 0. The van der Waals surface area contributed by atoms with Gasteiger partial charge >= 0.3 is 0 Å². The molecule has 0 amide bonds. The minimum Gasteiger partial charge on any atom is -0.392 e. The van der Waals surface area contributed by atoms with E-state index >= 15 is 0 Å². The molecule has 0 spiro atoms. The van der Waals surface area contributed by atoms with Crippen molar-refractivity contribution in [1.82, 2.24) is 4.98 Å². The molecule has 1 aromatic heterocycles. The molecule has 0 radical (unpaired) electrons. The molecular formula is C16H26N2O. The Morgan fingerprint density at radius 3 is 2.84 bits per heavy atom. The molecule has 0 saturated carbocycles. The van der Waals surface area contributed by atoms with E-state index in [9.17, 15) is 5.11 Å². The van der Waals surface area contributed by atoms with Crippen LogP contribution < -0.4 is 4.90 Å². The average Bonchev–Trinajstić information content (AvgIpc) is 2.47. The Balaban J connectivity index is 2.28. The molecule has 0 aromatic carbocycles. The number of aryl methyl sites for hydroxylation is 1. The second kappa shape index (κ2) is 6.90. The van der Waals surface area contributed by atoms with Crippen LogP contribution >= 0.6 is 0 Å². The van der Waals surface area contributed by atoms with Crippen LogP contribution in [0.1, 0.15) is 57.2 Å². The molecule has 3 nitrogen and oxygen atoms in total. The first-order chi connectivity index (χ1) is 9.28. The zero-order valence-electron chi connectivity index (χ0n) is 12.2. The lowest BCUT2D eigenvalue weighted by Gasteiger charge is -2.36. The van der Waals surface area contributed by atoms with E-state index in [-0.39, 0.29) is 6.61 Å². The Kier molecular flexibility index (Phi) is 5.20. The fourth-order valence-corrected chi connectivity index (χ4v) is 2.98. The van der Waals surface area contributed by atoms with Crippen LogP contribution in [0.3, 0.4) is 0 Å².